The van der Waals surface area contributed by atoms with Crippen LogP contribution in [0.5, 0.6) is 0 Å². The van der Waals surface area contributed by atoms with Gasteiger partial charge in [0, 0.05) is 43.2 Å². The number of carboxylic acids is 1. The highest BCUT2D eigenvalue weighted by Crippen LogP contribution is 2.42. The maximum Gasteiger partial charge on any atom is 0.303 e. The number of carboxylic acid groups (broad SMARTS) is 1. The maximum atomic E-state index is 12.3. The lowest BCUT2D eigenvalue weighted by molar-refractivity contribution is -0.276. The molecule has 1 saturated heterocycles. The SMILES string of the molecule is C[C@H]1[C@@H](CN(Cc2ccccc2)Cc2ccccc2)O[C@@H](c2cccc(NC(=O)CCC(=O)O)c2)O[C@H]1c1ccc(CO)cc1. The van der Waals surface area contributed by atoms with E-state index in [9.17, 15) is 14.7 Å². The van der Waals surface area contributed by atoms with Gasteiger partial charge in [-0.2, -0.15) is 0 Å². The Labute approximate surface area is 264 Å². The lowest BCUT2D eigenvalue weighted by Gasteiger charge is -2.43. The van der Waals surface area contributed by atoms with Crippen molar-refractivity contribution in [2.75, 3.05) is 11.9 Å². The number of nitrogens with zero attached hydrogens (tertiary/aromatic N) is 1. The fraction of sp³-hybridized carbons (Fsp3) is 0.297. The molecule has 8 heteroatoms. The predicted molar refractivity (Wildman–Crippen MR) is 172 cm³/mol. The zero-order valence-electron chi connectivity index (χ0n) is 25.4. The summed E-state index contributed by atoms with van der Waals surface area (Å²) in [5, 5.41) is 21.3. The Morgan fingerprint density at radius 2 is 1.40 bits per heavy atom. The molecule has 1 amide bonds. The van der Waals surface area contributed by atoms with Crippen LogP contribution in [0.25, 0.3) is 0 Å². The smallest absolute Gasteiger partial charge is 0.303 e. The van der Waals surface area contributed by atoms with Crippen LogP contribution >= 0.6 is 0 Å². The Bertz CT molecular complexity index is 1490. The molecule has 1 aliphatic heterocycles. The van der Waals surface area contributed by atoms with Crippen molar-refractivity contribution in [3.8, 4) is 0 Å². The molecule has 0 aliphatic carbocycles. The van der Waals surface area contributed by atoms with Gasteiger partial charge in [-0.25, -0.2) is 0 Å². The summed E-state index contributed by atoms with van der Waals surface area (Å²) in [6, 6.07) is 35.9. The third-order valence-electron chi connectivity index (χ3n) is 8.07. The number of aliphatic hydroxyl groups is 1. The van der Waals surface area contributed by atoms with E-state index in [1.807, 2.05) is 54.6 Å². The Hall–Kier alpha value is -4.34. The summed E-state index contributed by atoms with van der Waals surface area (Å²) in [4.78, 5) is 25.7. The molecule has 1 fully saturated rings. The highest BCUT2D eigenvalue weighted by molar-refractivity contribution is 5.92. The molecule has 1 aliphatic rings. The van der Waals surface area contributed by atoms with E-state index in [1.54, 1.807) is 6.07 Å². The van der Waals surface area contributed by atoms with Crippen molar-refractivity contribution < 1.29 is 29.3 Å². The van der Waals surface area contributed by atoms with Crippen molar-refractivity contribution in [1.29, 1.82) is 0 Å². The van der Waals surface area contributed by atoms with Crippen LogP contribution < -0.4 is 5.32 Å². The summed E-state index contributed by atoms with van der Waals surface area (Å²) < 4.78 is 13.4. The molecule has 1 heterocycles. The first kappa shape index (κ1) is 32.1. The van der Waals surface area contributed by atoms with Gasteiger partial charge in [-0.05, 0) is 34.4 Å². The molecule has 0 radical (unpaired) electrons. The molecule has 0 unspecified atom stereocenters. The lowest BCUT2D eigenvalue weighted by atomic mass is 9.89. The number of benzene rings is 4. The molecule has 4 atom stereocenters. The number of nitrogens with one attached hydrogen (secondary N) is 1. The fourth-order valence-corrected chi connectivity index (χ4v) is 5.66. The molecule has 0 aromatic heterocycles. The number of hydrogen-bond acceptors (Lipinski definition) is 6. The van der Waals surface area contributed by atoms with Crippen LogP contribution in [0.2, 0.25) is 0 Å². The normalized spacial score (nSPS) is 19.7. The van der Waals surface area contributed by atoms with Crippen molar-refractivity contribution in [2.45, 2.75) is 58.0 Å². The monoisotopic (exact) mass is 608 g/mol. The number of aliphatic hydroxyl groups excluding tert-OH is 1. The minimum Gasteiger partial charge on any atom is -0.481 e. The van der Waals surface area contributed by atoms with Crippen molar-refractivity contribution in [3.63, 3.8) is 0 Å². The summed E-state index contributed by atoms with van der Waals surface area (Å²) in [6.07, 6.45) is -1.54. The van der Waals surface area contributed by atoms with E-state index in [4.69, 9.17) is 14.6 Å². The quantitative estimate of drug-likeness (QED) is 0.160. The van der Waals surface area contributed by atoms with Crippen LogP contribution in [0, 0.1) is 5.92 Å². The second-order valence-corrected chi connectivity index (χ2v) is 11.5. The lowest BCUT2D eigenvalue weighted by Crippen LogP contribution is -2.44. The van der Waals surface area contributed by atoms with Crippen LogP contribution in [0.1, 0.15) is 60.0 Å². The predicted octanol–water partition coefficient (Wildman–Crippen LogP) is 6.48. The second-order valence-electron chi connectivity index (χ2n) is 11.5. The van der Waals surface area contributed by atoms with E-state index in [0.717, 1.165) is 29.8 Å². The fourth-order valence-electron chi connectivity index (χ4n) is 5.66. The Morgan fingerprint density at radius 3 is 2.00 bits per heavy atom. The second kappa shape index (κ2) is 15.6. The molecule has 0 bridgehead atoms. The minimum absolute atomic E-state index is 0.00539. The van der Waals surface area contributed by atoms with E-state index in [-0.39, 0.29) is 43.5 Å². The molecule has 45 heavy (non-hydrogen) atoms. The molecule has 8 nitrogen and oxygen atoms in total. The van der Waals surface area contributed by atoms with Gasteiger partial charge in [-0.1, -0.05) is 104 Å². The van der Waals surface area contributed by atoms with Gasteiger partial charge in [0.1, 0.15) is 0 Å². The molecule has 234 valence electrons. The van der Waals surface area contributed by atoms with Crippen molar-refractivity contribution in [1.82, 2.24) is 4.90 Å². The number of ether oxygens (including phenoxy) is 2. The van der Waals surface area contributed by atoms with E-state index in [2.05, 4.69) is 65.7 Å². The van der Waals surface area contributed by atoms with Crippen LogP contribution in [0.4, 0.5) is 5.69 Å². The Balaban J connectivity index is 1.42. The average molecular weight is 609 g/mol. The van der Waals surface area contributed by atoms with Gasteiger partial charge in [0.15, 0.2) is 6.29 Å². The van der Waals surface area contributed by atoms with Gasteiger partial charge < -0.3 is 25.0 Å². The van der Waals surface area contributed by atoms with E-state index in [0.29, 0.717) is 12.2 Å². The van der Waals surface area contributed by atoms with Gasteiger partial charge in [0.25, 0.3) is 0 Å². The van der Waals surface area contributed by atoms with Crippen LogP contribution in [-0.4, -0.2) is 39.6 Å². The van der Waals surface area contributed by atoms with Gasteiger partial charge in [-0.3, -0.25) is 14.5 Å². The van der Waals surface area contributed by atoms with Crippen LogP contribution in [0.3, 0.4) is 0 Å². The molecular weight excluding hydrogens is 568 g/mol. The molecule has 0 saturated carbocycles. The number of amides is 1. The minimum atomic E-state index is -1.02. The van der Waals surface area contributed by atoms with Gasteiger partial charge in [-0.15, -0.1) is 0 Å². The average Bonchev–Trinajstić information content (AvgIpc) is 3.06. The summed E-state index contributed by atoms with van der Waals surface area (Å²) in [5.74, 6) is -1.39. The molecule has 3 N–H and O–H groups in total. The molecule has 4 aromatic rings. The summed E-state index contributed by atoms with van der Waals surface area (Å²) in [5.41, 5.74) is 5.55. The van der Waals surface area contributed by atoms with Crippen LogP contribution in [-0.2, 0) is 38.8 Å². The maximum absolute atomic E-state index is 12.3. The van der Waals surface area contributed by atoms with E-state index >= 15 is 0 Å². The topological polar surface area (TPSA) is 108 Å². The Kier molecular flexibility index (Phi) is 11.1. The standard InChI is InChI=1S/C37H40N2O6/c1-26-33(24-39(22-27-9-4-2-5-10-27)23-28-11-6-3-7-12-28)44-37(45-36(26)30-17-15-29(25-40)16-18-30)31-13-8-14-32(21-31)38-34(41)19-20-35(42)43/h2-18,21,26,33,36-37,40H,19-20,22-25H2,1H3,(H,38,41)(H,42,43)/t26-,33+,36+,37+/m0/s1. The highest BCUT2D eigenvalue weighted by Gasteiger charge is 2.39. The third-order valence-corrected chi connectivity index (χ3v) is 8.07. The number of carbonyl (C=O) groups is 2. The molecule has 4 aromatic carbocycles. The first-order chi connectivity index (χ1) is 21.9. The van der Waals surface area contributed by atoms with Crippen molar-refractivity contribution in [2.24, 2.45) is 5.92 Å². The number of anilines is 1. The summed E-state index contributed by atoms with van der Waals surface area (Å²) >= 11 is 0. The molecular formula is C37H40N2O6. The number of carbonyl (C=O) groups excluding carboxylic acids is 1. The van der Waals surface area contributed by atoms with Crippen molar-refractivity contribution in [3.05, 3.63) is 137 Å². The van der Waals surface area contributed by atoms with Gasteiger partial charge >= 0.3 is 5.97 Å². The summed E-state index contributed by atoms with van der Waals surface area (Å²) in [6.45, 7) is 4.27. The first-order valence-corrected chi connectivity index (χ1v) is 15.3. The van der Waals surface area contributed by atoms with Crippen LogP contribution in [0.15, 0.2) is 109 Å². The molecule has 5 rings (SSSR count). The Morgan fingerprint density at radius 1 is 0.756 bits per heavy atom. The number of aliphatic carboxylic acids is 1. The van der Waals surface area contributed by atoms with Gasteiger partial charge in [0.2, 0.25) is 5.91 Å². The zero-order chi connectivity index (χ0) is 31.6. The zero-order valence-corrected chi connectivity index (χ0v) is 25.4. The summed E-state index contributed by atoms with van der Waals surface area (Å²) in [7, 11) is 0. The first-order valence-electron chi connectivity index (χ1n) is 15.3. The van der Waals surface area contributed by atoms with E-state index < -0.39 is 12.3 Å². The third kappa shape index (κ3) is 9.09. The highest BCUT2D eigenvalue weighted by atomic mass is 16.7. The largest absolute Gasteiger partial charge is 0.481 e. The number of rotatable bonds is 13. The number of hydrogen-bond donors (Lipinski definition) is 3. The van der Waals surface area contributed by atoms with Gasteiger partial charge in [0.05, 0.1) is 25.2 Å². The molecule has 0 spiro atoms. The van der Waals surface area contributed by atoms with E-state index in [1.165, 1.54) is 11.1 Å². The van der Waals surface area contributed by atoms with Crippen molar-refractivity contribution >= 4 is 17.6 Å².